The number of likely N-dealkylation sites (tertiary alicyclic amines) is 1. The van der Waals surface area contributed by atoms with Gasteiger partial charge >= 0.3 is 0 Å². The number of hydrogen-bond acceptors (Lipinski definition) is 4. The Morgan fingerprint density at radius 3 is 2.64 bits per heavy atom. The van der Waals surface area contributed by atoms with Crippen LogP contribution in [0.5, 0.6) is 0 Å². The Bertz CT molecular complexity index is 637. The largest absolute Gasteiger partial charge is 0.338 e. The minimum absolute atomic E-state index is 0.0540. The molecule has 2 aliphatic heterocycles. The summed E-state index contributed by atoms with van der Waals surface area (Å²) >= 11 is 0. The topological polar surface area (TPSA) is 54.3 Å². The molecule has 1 amide bonds. The predicted octanol–water partition coefficient (Wildman–Crippen LogP) is 1.82. The molecule has 3 aliphatic rings. The fourth-order valence-corrected chi connectivity index (χ4v) is 4.42. The van der Waals surface area contributed by atoms with Gasteiger partial charge in [0.2, 0.25) is 5.95 Å². The monoisotopic (exact) mass is 301 g/mol. The third kappa shape index (κ3) is 1.82. The van der Waals surface area contributed by atoms with Gasteiger partial charge in [0.25, 0.3) is 5.91 Å². The Balaban J connectivity index is 1.64. The van der Waals surface area contributed by atoms with Gasteiger partial charge in [-0.05, 0) is 38.5 Å². The van der Waals surface area contributed by atoms with Crippen molar-refractivity contribution in [2.75, 3.05) is 25.0 Å². The van der Waals surface area contributed by atoms with Crippen molar-refractivity contribution < 1.29 is 4.79 Å². The molecule has 3 unspecified atom stereocenters. The first kappa shape index (κ1) is 13.8. The molecule has 6 heteroatoms. The number of carbonyl (C=O) groups is 1. The fourth-order valence-electron chi connectivity index (χ4n) is 4.42. The van der Waals surface area contributed by atoms with E-state index < -0.39 is 0 Å². The van der Waals surface area contributed by atoms with E-state index in [0.717, 1.165) is 42.1 Å². The van der Waals surface area contributed by atoms with E-state index in [-0.39, 0.29) is 11.9 Å². The second-order valence-electron chi connectivity index (χ2n) is 6.90. The van der Waals surface area contributed by atoms with Crippen LogP contribution in [0.25, 0.3) is 0 Å². The third-order valence-corrected chi connectivity index (χ3v) is 5.78. The number of amides is 1. The Labute approximate surface area is 130 Å². The molecule has 0 radical (unpaired) electrons. The second-order valence-corrected chi connectivity index (χ2v) is 6.90. The van der Waals surface area contributed by atoms with Crippen LogP contribution in [0, 0.1) is 11.8 Å². The quantitative estimate of drug-likeness (QED) is 0.794. The minimum Gasteiger partial charge on any atom is -0.338 e. The van der Waals surface area contributed by atoms with Crippen molar-refractivity contribution in [2.45, 2.75) is 39.2 Å². The number of hydrogen-bond donors (Lipinski definition) is 0. The van der Waals surface area contributed by atoms with Gasteiger partial charge in [-0.3, -0.25) is 4.79 Å². The van der Waals surface area contributed by atoms with Gasteiger partial charge < -0.3 is 9.80 Å². The molecule has 3 atom stereocenters. The summed E-state index contributed by atoms with van der Waals surface area (Å²) in [6.07, 6.45) is 5.47. The summed E-state index contributed by atoms with van der Waals surface area (Å²) in [5.74, 6) is 2.44. The number of nitrogens with zero attached hydrogens (tertiary/aromatic N) is 5. The molecule has 2 fully saturated rings. The SMILES string of the molecule is CC1=C(C(=O)N2CC3CCCC3C2)C(C)n2ncnc2N1C. The first-order chi connectivity index (χ1) is 10.6. The lowest BCUT2D eigenvalue weighted by Gasteiger charge is -2.33. The molecule has 4 rings (SSSR count). The van der Waals surface area contributed by atoms with E-state index in [0.29, 0.717) is 0 Å². The van der Waals surface area contributed by atoms with Crippen LogP contribution in [-0.4, -0.2) is 45.7 Å². The molecule has 118 valence electrons. The molecule has 0 N–H and O–H groups in total. The first-order valence-electron chi connectivity index (χ1n) is 8.21. The maximum absolute atomic E-state index is 13.1. The molecule has 0 bridgehead atoms. The van der Waals surface area contributed by atoms with Crippen molar-refractivity contribution in [1.82, 2.24) is 19.7 Å². The van der Waals surface area contributed by atoms with E-state index in [1.807, 2.05) is 30.5 Å². The Morgan fingerprint density at radius 1 is 1.27 bits per heavy atom. The van der Waals surface area contributed by atoms with Crippen LogP contribution in [0.1, 0.15) is 39.2 Å². The van der Waals surface area contributed by atoms with E-state index in [4.69, 9.17) is 0 Å². The standard InChI is InChI=1S/C16H23N5O/c1-10-14(11(2)21-16(19(10)3)17-9-18-21)15(22)20-7-12-5-4-6-13(12)8-20/h9,11-13H,4-8H2,1-3H3. The minimum atomic E-state index is -0.0540. The smallest absolute Gasteiger partial charge is 0.253 e. The highest BCUT2D eigenvalue weighted by Gasteiger charge is 2.41. The highest BCUT2D eigenvalue weighted by Crippen LogP contribution is 2.40. The molecule has 3 heterocycles. The number of anilines is 1. The van der Waals surface area contributed by atoms with Crippen LogP contribution in [0.3, 0.4) is 0 Å². The van der Waals surface area contributed by atoms with Gasteiger partial charge in [0.05, 0.1) is 11.6 Å². The van der Waals surface area contributed by atoms with Gasteiger partial charge in [0, 0.05) is 25.8 Å². The van der Waals surface area contributed by atoms with Crippen LogP contribution in [-0.2, 0) is 4.79 Å². The summed E-state index contributed by atoms with van der Waals surface area (Å²) in [4.78, 5) is 21.4. The first-order valence-corrected chi connectivity index (χ1v) is 8.21. The van der Waals surface area contributed by atoms with Crippen LogP contribution in [0.15, 0.2) is 17.6 Å². The van der Waals surface area contributed by atoms with E-state index in [1.165, 1.54) is 19.3 Å². The number of fused-ring (bicyclic) bond motifs is 2. The molecule has 1 aromatic heterocycles. The summed E-state index contributed by atoms with van der Waals surface area (Å²) < 4.78 is 1.84. The van der Waals surface area contributed by atoms with E-state index >= 15 is 0 Å². The number of carbonyl (C=O) groups excluding carboxylic acids is 1. The van der Waals surface area contributed by atoms with E-state index in [1.54, 1.807) is 6.33 Å². The van der Waals surface area contributed by atoms with E-state index in [2.05, 4.69) is 15.0 Å². The molecule has 0 spiro atoms. The molecule has 22 heavy (non-hydrogen) atoms. The second kappa shape index (κ2) is 4.83. The molecular formula is C16H23N5O. The molecule has 1 saturated carbocycles. The molecule has 1 aliphatic carbocycles. The average molecular weight is 301 g/mol. The zero-order chi connectivity index (χ0) is 15.4. The maximum atomic E-state index is 13.1. The molecule has 6 nitrogen and oxygen atoms in total. The van der Waals surface area contributed by atoms with Gasteiger partial charge in [-0.15, -0.1) is 0 Å². The Kier molecular flexibility index (Phi) is 3.03. The summed E-state index contributed by atoms with van der Waals surface area (Å²) in [5, 5.41) is 4.30. The predicted molar refractivity (Wildman–Crippen MR) is 83.2 cm³/mol. The normalized spacial score (nSPS) is 30.8. The van der Waals surface area contributed by atoms with Crippen LogP contribution >= 0.6 is 0 Å². The average Bonchev–Trinajstić information content (AvgIpc) is 3.19. The van der Waals surface area contributed by atoms with Crippen molar-refractivity contribution in [1.29, 1.82) is 0 Å². The van der Waals surface area contributed by atoms with Crippen LogP contribution in [0.2, 0.25) is 0 Å². The molecule has 1 saturated heterocycles. The lowest BCUT2D eigenvalue weighted by Crippen LogP contribution is -2.39. The number of allylic oxidation sites excluding steroid dienone is 1. The van der Waals surface area contributed by atoms with Gasteiger partial charge in [0.15, 0.2) is 0 Å². The van der Waals surface area contributed by atoms with Crippen molar-refractivity contribution in [3.63, 3.8) is 0 Å². The van der Waals surface area contributed by atoms with Crippen molar-refractivity contribution in [3.8, 4) is 0 Å². The molecular weight excluding hydrogens is 278 g/mol. The summed E-state index contributed by atoms with van der Waals surface area (Å²) in [6, 6.07) is -0.0540. The van der Waals surface area contributed by atoms with Crippen molar-refractivity contribution in [3.05, 3.63) is 17.6 Å². The molecule has 0 aromatic carbocycles. The maximum Gasteiger partial charge on any atom is 0.253 e. The van der Waals surface area contributed by atoms with E-state index in [9.17, 15) is 4.79 Å². The van der Waals surface area contributed by atoms with Gasteiger partial charge in [-0.25, -0.2) is 4.68 Å². The van der Waals surface area contributed by atoms with Gasteiger partial charge in [-0.2, -0.15) is 10.1 Å². The zero-order valence-electron chi connectivity index (χ0n) is 13.5. The summed E-state index contributed by atoms with van der Waals surface area (Å²) in [6.45, 7) is 5.92. The zero-order valence-corrected chi connectivity index (χ0v) is 13.5. The summed E-state index contributed by atoms with van der Waals surface area (Å²) in [7, 11) is 1.95. The lowest BCUT2D eigenvalue weighted by molar-refractivity contribution is -0.127. The van der Waals surface area contributed by atoms with Gasteiger partial charge in [0.1, 0.15) is 6.33 Å². The fraction of sp³-hybridized carbons (Fsp3) is 0.688. The van der Waals surface area contributed by atoms with Crippen LogP contribution in [0.4, 0.5) is 5.95 Å². The highest BCUT2D eigenvalue weighted by molar-refractivity contribution is 5.96. The van der Waals surface area contributed by atoms with Crippen molar-refractivity contribution >= 4 is 11.9 Å². The van der Waals surface area contributed by atoms with Crippen molar-refractivity contribution in [2.24, 2.45) is 11.8 Å². The number of aromatic nitrogens is 3. The third-order valence-electron chi connectivity index (χ3n) is 5.78. The number of rotatable bonds is 1. The highest BCUT2D eigenvalue weighted by atomic mass is 16.2. The van der Waals surface area contributed by atoms with Crippen LogP contribution < -0.4 is 4.90 Å². The molecule has 1 aromatic rings. The Morgan fingerprint density at radius 2 is 1.95 bits per heavy atom. The van der Waals surface area contributed by atoms with Gasteiger partial charge in [-0.1, -0.05) is 6.42 Å². The Hall–Kier alpha value is -1.85. The summed E-state index contributed by atoms with van der Waals surface area (Å²) in [5.41, 5.74) is 1.86. The lowest BCUT2D eigenvalue weighted by atomic mass is 10.0.